The molecule has 1 aliphatic heterocycles. The first-order valence-electron chi connectivity index (χ1n) is 12.6. The second kappa shape index (κ2) is 14.2. The molecule has 0 bridgehead atoms. The van der Waals surface area contributed by atoms with Gasteiger partial charge in [0.25, 0.3) is 0 Å². The molecule has 35 heavy (non-hydrogen) atoms. The van der Waals surface area contributed by atoms with Gasteiger partial charge in [0.05, 0.1) is 12.6 Å². The predicted molar refractivity (Wildman–Crippen MR) is 130 cm³/mol. The number of rotatable bonds is 17. The zero-order valence-corrected chi connectivity index (χ0v) is 21.9. The average Bonchev–Trinajstić information content (AvgIpc) is 3.51. The number of carbonyl (C=O) groups excluding carboxylic acids is 4. The molecule has 1 aliphatic rings. The number of hydrogen-bond donors (Lipinski definition) is 4. The summed E-state index contributed by atoms with van der Waals surface area (Å²) in [4.78, 5) is 62.5. The first-order chi connectivity index (χ1) is 16.3. The molecule has 4 N–H and O–H groups in total. The highest BCUT2D eigenvalue weighted by Gasteiger charge is 2.50. The Kier molecular flexibility index (Phi) is 12.4. The predicted octanol–water partition coefficient (Wildman–Crippen LogP) is 1.95. The van der Waals surface area contributed by atoms with Crippen molar-refractivity contribution in [1.29, 1.82) is 0 Å². The Bertz CT molecular complexity index is 762. The molecule has 0 aromatic rings. The van der Waals surface area contributed by atoms with Crippen LogP contribution in [0.1, 0.15) is 86.5 Å². The van der Waals surface area contributed by atoms with E-state index in [9.17, 15) is 24.0 Å². The Balaban J connectivity index is 2.95. The van der Waals surface area contributed by atoms with Crippen molar-refractivity contribution in [3.05, 3.63) is 0 Å². The van der Waals surface area contributed by atoms with Crippen LogP contribution >= 0.6 is 0 Å². The first kappa shape index (κ1) is 30.5. The van der Waals surface area contributed by atoms with Crippen molar-refractivity contribution >= 4 is 29.5 Å². The summed E-state index contributed by atoms with van der Waals surface area (Å²) in [5.41, 5.74) is -0.933. The van der Waals surface area contributed by atoms with E-state index in [-0.39, 0.29) is 43.0 Å². The number of epoxide rings is 1. The van der Waals surface area contributed by atoms with E-state index in [0.717, 1.165) is 12.8 Å². The molecule has 0 unspecified atom stereocenters. The minimum absolute atomic E-state index is 0.104. The number of aliphatic carboxylic acids is 1. The Morgan fingerprint density at radius 3 is 2.00 bits per heavy atom. The highest BCUT2D eigenvalue weighted by molar-refractivity contribution is 5.98. The van der Waals surface area contributed by atoms with Crippen LogP contribution < -0.4 is 16.0 Å². The number of carboxylic acids is 1. The van der Waals surface area contributed by atoms with Crippen LogP contribution in [-0.2, 0) is 28.7 Å². The van der Waals surface area contributed by atoms with Crippen molar-refractivity contribution in [2.75, 3.05) is 6.61 Å². The standard InChI is InChI=1S/C25H43N3O7/c1-7-8-9-10-19(29)28-21(16(4)5)24(34)26-17(11-12-20(30)31)23(33)27-18(13-15(2)3)22(32)25(6)14-35-25/h15-18,21H,7-14H2,1-6H3,(H,26,34)(H,27,33)(H,28,29)(H,30,31)/t17-,18-,21-,25-/m0/s1. The van der Waals surface area contributed by atoms with Crippen LogP contribution in [0.2, 0.25) is 0 Å². The Labute approximate surface area is 208 Å². The lowest BCUT2D eigenvalue weighted by atomic mass is 9.93. The number of Topliss-reactive ketones (excluding diaryl/α,β-unsaturated/α-hetero) is 1. The molecule has 1 heterocycles. The summed E-state index contributed by atoms with van der Waals surface area (Å²) in [6.07, 6.45) is 2.76. The molecule has 0 spiro atoms. The van der Waals surface area contributed by atoms with Gasteiger partial charge in [-0.15, -0.1) is 0 Å². The van der Waals surface area contributed by atoms with E-state index < -0.39 is 41.5 Å². The van der Waals surface area contributed by atoms with Crippen molar-refractivity contribution in [3.8, 4) is 0 Å². The maximum atomic E-state index is 13.1. The molecule has 10 nitrogen and oxygen atoms in total. The van der Waals surface area contributed by atoms with Crippen molar-refractivity contribution in [1.82, 2.24) is 16.0 Å². The Morgan fingerprint density at radius 2 is 1.51 bits per heavy atom. The summed E-state index contributed by atoms with van der Waals surface area (Å²) in [6, 6.07) is -2.87. The summed E-state index contributed by atoms with van der Waals surface area (Å²) >= 11 is 0. The maximum absolute atomic E-state index is 13.1. The average molecular weight is 498 g/mol. The molecule has 200 valence electrons. The number of ether oxygens (including phenoxy) is 1. The second-order valence-electron chi connectivity index (χ2n) is 10.3. The van der Waals surface area contributed by atoms with E-state index in [0.29, 0.717) is 19.3 Å². The lowest BCUT2D eigenvalue weighted by Gasteiger charge is -2.27. The van der Waals surface area contributed by atoms with Crippen LogP contribution in [0.4, 0.5) is 0 Å². The second-order valence-corrected chi connectivity index (χ2v) is 10.3. The number of hydrogen-bond acceptors (Lipinski definition) is 6. The third-order valence-corrected chi connectivity index (χ3v) is 5.99. The molecule has 1 saturated heterocycles. The van der Waals surface area contributed by atoms with Crippen LogP contribution in [0.5, 0.6) is 0 Å². The highest BCUT2D eigenvalue weighted by Crippen LogP contribution is 2.29. The zero-order chi connectivity index (χ0) is 26.8. The lowest BCUT2D eigenvalue weighted by Crippen LogP contribution is -2.57. The minimum Gasteiger partial charge on any atom is -0.481 e. The van der Waals surface area contributed by atoms with E-state index >= 15 is 0 Å². The van der Waals surface area contributed by atoms with E-state index in [4.69, 9.17) is 9.84 Å². The van der Waals surface area contributed by atoms with Crippen LogP contribution in [0.3, 0.4) is 0 Å². The molecule has 0 saturated carbocycles. The van der Waals surface area contributed by atoms with Gasteiger partial charge in [0, 0.05) is 12.8 Å². The van der Waals surface area contributed by atoms with E-state index in [2.05, 4.69) is 16.0 Å². The molecule has 1 rings (SSSR count). The van der Waals surface area contributed by atoms with Crippen molar-refractivity contribution in [2.24, 2.45) is 11.8 Å². The molecule has 0 radical (unpaired) electrons. The summed E-state index contributed by atoms with van der Waals surface area (Å²) in [5.74, 6) is -2.97. The van der Waals surface area contributed by atoms with E-state index in [1.165, 1.54) is 0 Å². The van der Waals surface area contributed by atoms with E-state index in [1.54, 1.807) is 20.8 Å². The number of carbonyl (C=O) groups is 5. The van der Waals surface area contributed by atoms with Crippen LogP contribution in [-0.4, -0.2) is 64.9 Å². The van der Waals surface area contributed by atoms with Crippen LogP contribution in [0.25, 0.3) is 0 Å². The number of ketones is 1. The van der Waals surface area contributed by atoms with Gasteiger partial charge in [0.1, 0.15) is 17.7 Å². The van der Waals surface area contributed by atoms with Crippen molar-refractivity contribution < 1.29 is 33.8 Å². The van der Waals surface area contributed by atoms with Crippen molar-refractivity contribution in [3.63, 3.8) is 0 Å². The molecular weight excluding hydrogens is 454 g/mol. The molecule has 0 aromatic carbocycles. The third-order valence-electron chi connectivity index (χ3n) is 5.99. The maximum Gasteiger partial charge on any atom is 0.303 e. The molecule has 0 aromatic heterocycles. The third kappa shape index (κ3) is 10.8. The highest BCUT2D eigenvalue weighted by atomic mass is 16.6. The fourth-order valence-electron chi connectivity index (χ4n) is 3.71. The topological polar surface area (TPSA) is 154 Å². The van der Waals surface area contributed by atoms with E-state index in [1.807, 2.05) is 20.8 Å². The lowest BCUT2D eigenvalue weighted by molar-refractivity contribution is -0.138. The molecule has 10 heteroatoms. The molecular formula is C25H43N3O7. The summed E-state index contributed by atoms with van der Waals surface area (Å²) in [5, 5.41) is 17.2. The fourth-order valence-corrected chi connectivity index (χ4v) is 3.71. The van der Waals surface area contributed by atoms with Gasteiger partial charge in [0.15, 0.2) is 5.78 Å². The first-order valence-corrected chi connectivity index (χ1v) is 12.6. The molecule has 0 aliphatic carbocycles. The Hall–Kier alpha value is -2.49. The van der Waals surface area contributed by atoms with Gasteiger partial charge in [-0.25, -0.2) is 0 Å². The van der Waals surface area contributed by atoms with Crippen LogP contribution in [0.15, 0.2) is 0 Å². The van der Waals surface area contributed by atoms with Crippen LogP contribution in [0, 0.1) is 11.8 Å². The smallest absolute Gasteiger partial charge is 0.303 e. The SMILES string of the molecule is CCCCCC(=O)N[C@H](C(=O)N[C@@H](CCC(=O)O)C(=O)N[C@@H](CC(C)C)C(=O)[C@]1(C)CO1)C(C)C. The van der Waals surface area contributed by atoms with Gasteiger partial charge in [-0.2, -0.15) is 0 Å². The number of carboxylic acid groups (broad SMARTS) is 1. The normalized spacial score (nSPS) is 19.5. The number of amides is 3. The van der Waals surface area contributed by atoms with Gasteiger partial charge in [-0.3, -0.25) is 24.0 Å². The fraction of sp³-hybridized carbons (Fsp3) is 0.800. The molecule has 3 amide bonds. The van der Waals surface area contributed by atoms with Gasteiger partial charge in [-0.05, 0) is 38.0 Å². The number of nitrogens with one attached hydrogen (secondary N) is 3. The summed E-state index contributed by atoms with van der Waals surface area (Å²) in [6.45, 7) is 11.4. The number of unbranched alkanes of at least 4 members (excludes halogenated alkanes) is 2. The van der Waals surface area contributed by atoms with Crippen molar-refractivity contribution in [2.45, 2.75) is 110 Å². The molecule has 4 atom stereocenters. The molecule has 1 fully saturated rings. The zero-order valence-electron chi connectivity index (χ0n) is 21.9. The quantitative estimate of drug-likeness (QED) is 0.177. The van der Waals surface area contributed by atoms with Gasteiger partial charge < -0.3 is 25.8 Å². The summed E-state index contributed by atoms with van der Waals surface area (Å²) < 4.78 is 5.25. The van der Waals surface area contributed by atoms with Gasteiger partial charge in [0.2, 0.25) is 17.7 Å². The minimum atomic E-state index is -1.17. The van der Waals surface area contributed by atoms with Gasteiger partial charge >= 0.3 is 5.97 Å². The summed E-state index contributed by atoms with van der Waals surface area (Å²) in [7, 11) is 0. The monoisotopic (exact) mass is 497 g/mol. The Morgan fingerprint density at radius 1 is 0.914 bits per heavy atom. The van der Waals surface area contributed by atoms with Gasteiger partial charge in [-0.1, -0.05) is 47.5 Å². The largest absolute Gasteiger partial charge is 0.481 e.